The lowest BCUT2D eigenvalue weighted by molar-refractivity contribution is -0.120. The summed E-state index contributed by atoms with van der Waals surface area (Å²) in [7, 11) is 0. The van der Waals surface area contributed by atoms with Crippen molar-refractivity contribution in [1.29, 1.82) is 0 Å². The van der Waals surface area contributed by atoms with Crippen molar-refractivity contribution in [1.82, 2.24) is 15.5 Å². The molecule has 0 aliphatic carbocycles. The number of amides is 3. The van der Waals surface area contributed by atoms with Gasteiger partial charge in [-0.1, -0.05) is 45.0 Å². The van der Waals surface area contributed by atoms with E-state index < -0.39 is 0 Å². The highest BCUT2D eigenvalue weighted by Crippen LogP contribution is 2.22. The summed E-state index contributed by atoms with van der Waals surface area (Å²) < 4.78 is 0. The first-order chi connectivity index (χ1) is 14.7. The Morgan fingerprint density at radius 2 is 1.58 bits per heavy atom. The first-order valence-corrected chi connectivity index (χ1v) is 10.8. The molecule has 0 unspecified atom stereocenters. The van der Waals surface area contributed by atoms with Gasteiger partial charge in [-0.2, -0.15) is 0 Å². The van der Waals surface area contributed by atoms with Crippen molar-refractivity contribution in [2.24, 2.45) is 0 Å². The van der Waals surface area contributed by atoms with Crippen LogP contribution in [0.2, 0.25) is 0 Å². The van der Waals surface area contributed by atoms with E-state index in [2.05, 4.69) is 31.4 Å². The van der Waals surface area contributed by atoms with E-state index in [1.54, 1.807) is 18.2 Å². The first kappa shape index (κ1) is 22.5. The van der Waals surface area contributed by atoms with Gasteiger partial charge in [0.05, 0.1) is 6.54 Å². The zero-order valence-electron chi connectivity index (χ0n) is 18.5. The van der Waals surface area contributed by atoms with Gasteiger partial charge in [0.1, 0.15) is 0 Å². The van der Waals surface area contributed by atoms with Crippen LogP contribution in [0, 0.1) is 0 Å². The molecule has 0 saturated carbocycles. The highest BCUT2D eigenvalue weighted by Gasteiger charge is 2.19. The van der Waals surface area contributed by atoms with E-state index in [0.717, 1.165) is 37.1 Å². The van der Waals surface area contributed by atoms with E-state index in [0.29, 0.717) is 17.7 Å². The van der Waals surface area contributed by atoms with E-state index in [1.807, 2.05) is 35.2 Å². The number of hydrogen-bond acceptors (Lipinski definition) is 3. The van der Waals surface area contributed by atoms with Crippen molar-refractivity contribution in [3.05, 3.63) is 70.8 Å². The van der Waals surface area contributed by atoms with Gasteiger partial charge < -0.3 is 15.5 Å². The van der Waals surface area contributed by atoms with Gasteiger partial charge in [0.25, 0.3) is 11.8 Å². The van der Waals surface area contributed by atoms with Crippen LogP contribution in [0.3, 0.4) is 0 Å². The van der Waals surface area contributed by atoms with Crippen molar-refractivity contribution >= 4 is 17.7 Å². The zero-order valence-corrected chi connectivity index (χ0v) is 18.5. The second-order valence-electron chi connectivity index (χ2n) is 8.99. The van der Waals surface area contributed by atoms with Crippen molar-refractivity contribution in [3.8, 4) is 0 Å². The third-order valence-corrected chi connectivity index (χ3v) is 5.48. The second kappa shape index (κ2) is 9.77. The topological polar surface area (TPSA) is 78.5 Å². The fourth-order valence-electron chi connectivity index (χ4n) is 3.56. The Bertz CT molecular complexity index is 939. The predicted octanol–water partition coefficient (Wildman–Crippen LogP) is 3.27. The van der Waals surface area contributed by atoms with Gasteiger partial charge >= 0.3 is 0 Å². The lowest BCUT2D eigenvalue weighted by Crippen LogP contribution is -2.36. The molecule has 1 aliphatic rings. The number of nitrogens with one attached hydrogen (secondary N) is 2. The number of nitrogens with zero attached hydrogens (tertiary/aromatic N) is 1. The van der Waals surface area contributed by atoms with Crippen LogP contribution >= 0.6 is 0 Å². The van der Waals surface area contributed by atoms with Crippen LogP contribution < -0.4 is 10.6 Å². The number of carbonyl (C=O) groups is 3. The van der Waals surface area contributed by atoms with E-state index in [-0.39, 0.29) is 29.7 Å². The standard InChI is InChI=1S/C25H31N3O3/c1-25(2,3)21-11-9-19(10-12-21)23(30)27-17-22(29)26-16-18-7-6-8-20(15-18)24(31)28-13-4-5-14-28/h6-12,15H,4-5,13-14,16-17H2,1-3H3,(H,26,29)(H,27,30). The largest absolute Gasteiger partial charge is 0.350 e. The van der Waals surface area contributed by atoms with Crippen LogP contribution in [-0.4, -0.2) is 42.3 Å². The van der Waals surface area contributed by atoms with Gasteiger partial charge in [0, 0.05) is 30.8 Å². The molecule has 2 aromatic rings. The van der Waals surface area contributed by atoms with E-state index >= 15 is 0 Å². The van der Waals surface area contributed by atoms with Crippen LogP contribution in [0.15, 0.2) is 48.5 Å². The fraction of sp³-hybridized carbons (Fsp3) is 0.400. The maximum atomic E-state index is 12.5. The van der Waals surface area contributed by atoms with Crippen LogP contribution in [-0.2, 0) is 16.8 Å². The first-order valence-electron chi connectivity index (χ1n) is 10.8. The Hall–Kier alpha value is -3.15. The smallest absolute Gasteiger partial charge is 0.253 e. The van der Waals surface area contributed by atoms with Crippen molar-refractivity contribution in [2.45, 2.75) is 45.6 Å². The minimum atomic E-state index is -0.284. The monoisotopic (exact) mass is 421 g/mol. The number of hydrogen-bond donors (Lipinski definition) is 2. The average molecular weight is 422 g/mol. The van der Waals surface area contributed by atoms with Gasteiger partial charge in [-0.3, -0.25) is 14.4 Å². The Kier molecular flexibility index (Phi) is 7.10. The lowest BCUT2D eigenvalue weighted by Gasteiger charge is -2.19. The number of carbonyl (C=O) groups excluding carboxylic acids is 3. The van der Waals surface area contributed by atoms with E-state index in [4.69, 9.17) is 0 Å². The predicted molar refractivity (Wildman–Crippen MR) is 121 cm³/mol. The minimum absolute atomic E-state index is 0.0191. The summed E-state index contributed by atoms with van der Waals surface area (Å²) in [5, 5.41) is 5.44. The Balaban J connectivity index is 1.47. The molecule has 3 amide bonds. The van der Waals surface area contributed by atoms with Gasteiger partial charge in [0.15, 0.2) is 0 Å². The Morgan fingerprint density at radius 1 is 0.903 bits per heavy atom. The normalized spacial score (nSPS) is 13.7. The van der Waals surface area contributed by atoms with Gasteiger partial charge in [0.2, 0.25) is 5.91 Å². The number of benzene rings is 2. The van der Waals surface area contributed by atoms with Crippen molar-refractivity contribution in [2.75, 3.05) is 19.6 Å². The van der Waals surface area contributed by atoms with Crippen molar-refractivity contribution < 1.29 is 14.4 Å². The molecule has 1 heterocycles. The Labute approximate surface area is 184 Å². The molecule has 164 valence electrons. The van der Waals surface area contributed by atoms with Crippen molar-refractivity contribution in [3.63, 3.8) is 0 Å². The molecule has 0 bridgehead atoms. The molecule has 3 rings (SSSR count). The van der Waals surface area contributed by atoms with Crippen LogP contribution in [0.5, 0.6) is 0 Å². The minimum Gasteiger partial charge on any atom is -0.350 e. The fourth-order valence-corrected chi connectivity index (χ4v) is 3.56. The summed E-state index contributed by atoms with van der Waals surface area (Å²) in [4.78, 5) is 38.8. The maximum absolute atomic E-state index is 12.5. The second-order valence-corrected chi connectivity index (χ2v) is 8.99. The van der Waals surface area contributed by atoms with Gasteiger partial charge in [-0.05, 0) is 53.6 Å². The molecule has 0 spiro atoms. The average Bonchev–Trinajstić information content (AvgIpc) is 3.30. The molecular formula is C25H31N3O3. The SMILES string of the molecule is CC(C)(C)c1ccc(C(=O)NCC(=O)NCc2cccc(C(=O)N3CCCC3)c2)cc1. The molecule has 31 heavy (non-hydrogen) atoms. The number of likely N-dealkylation sites (tertiary alicyclic amines) is 1. The molecule has 2 aromatic carbocycles. The van der Waals surface area contributed by atoms with Crippen LogP contribution in [0.4, 0.5) is 0 Å². The maximum Gasteiger partial charge on any atom is 0.253 e. The third-order valence-electron chi connectivity index (χ3n) is 5.48. The van der Waals surface area contributed by atoms with E-state index in [1.165, 1.54) is 0 Å². The van der Waals surface area contributed by atoms with Gasteiger partial charge in [-0.15, -0.1) is 0 Å². The molecule has 1 saturated heterocycles. The Morgan fingerprint density at radius 3 is 2.23 bits per heavy atom. The molecule has 0 aromatic heterocycles. The van der Waals surface area contributed by atoms with E-state index in [9.17, 15) is 14.4 Å². The summed E-state index contributed by atoms with van der Waals surface area (Å²) in [6, 6.07) is 14.7. The zero-order chi connectivity index (χ0) is 22.4. The lowest BCUT2D eigenvalue weighted by atomic mass is 9.87. The summed E-state index contributed by atoms with van der Waals surface area (Å²) in [6.45, 7) is 8.15. The van der Waals surface area contributed by atoms with Crippen LogP contribution in [0.25, 0.3) is 0 Å². The molecule has 0 atom stereocenters. The molecule has 6 nitrogen and oxygen atoms in total. The molecule has 1 fully saturated rings. The highest BCUT2D eigenvalue weighted by atomic mass is 16.2. The number of rotatable bonds is 6. The quantitative estimate of drug-likeness (QED) is 0.751. The summed E-state index contributed by atoms with van der Waals surface area (Å²) >= 11 is 0. The summed E-state index contributed by atoms with van der Waals surface area (Å²) in [6.07, 6.45) is 2.10. The van der Waals surface area contributed by atoms with Gasteiger partial charge in [-0.25, -0.2) is 0 Å². The molecule has 2 N–H and O–H groups in total. The summed E-state index contributed by atoms with van der Waals surface area (Å²) in [5.41, 5.74) is 3.18. The summed E-state index contributed by atoms with van der Waals surface area (Å²) in [5.74, 6) is -0.528. The third kappa shape index (κ3) is 6.17. The van der Waals surface area contributed by atoms with Crippen LogP contribution in [0.1, 0.15) is 65.5 Å². The molecule has 0 radical (unpaired) electrons. The highest BCUT2D eigenvalue weighted by molar-refractivity contribution is 5.96. The molecule has 1 aliphatic heterocycles. The molecule has 6 heteroatoms. The molecular weight excluding hydrogens is 390 g/mol.